The van der Waals surface area contributed by atoms with Gasteiger partial charge in [-0.25, -0.2) is 9.31 Å². The van der Waals surface area contributed by atoms with Gasteiger partial charge < -0.3 is 11.3 Å². The predicted octanol–water partition coefficient (Wildman–Crippen LogP) is 1.83. The average Bonchev–Trinajstić information content (AvgIpc) is 3.72. The van der Waals surface area contributed by atoms with Crippen LogP contribution in [0.3, 0.4) is 0 Å². The van der Waals surface area contributed by atoms with E-state index in [0.29, 0.717) is 37.5 Å². The first-order valence-corrected chi connectivity index (χ1v) is 15.5. The van der Waals surface area contributed by atoms with Crippen LogP contribution in [0.1, 0.15) is 76.7 Å². The van der Waals surface area contributed by atoms with Gasteiger partial charge in [-0.1, -0.05) is 74.0 Å². The molecule has 2 N–H and O–H groups in total. The number of aromatic amines is 1. The molecule has 12 heteroatoms. The molecule has 1 unspecified atom stereocenters. The second-order valence-electron chi connectivity index (χ2n) is 11.5. The molecule has 0 amide bonds. The maximum Gasteiger partial charge on any atom is 1.00 e. The quantitative estimate of drug-likeness (QED) is 0.209. The summed E-state index contributed by atoms with van der Waals surface area (Å²) in [5.74, 6) is 0.363. The summed E-state index contributed by atoms with van der Waals surface area (Å²) in [6.07, 6.45) is 7.15. The minimum Gasteiger partial charge on any atom is -1.00 e. The summed E-state index contributed by atoms with van der Waals surface area (Å²) < 4.78 is 14.4. The molecule has 232 valence electrons. The molecule has 0 spiro atoms. The third kappa shape index (κ3) is 7.32. The fourth-order valence-corrected chi connectivity index (χ4v) is 6.21. The van der Waals surface area contributed by atoms with E-state index < -0.39 is 11.9 Å². The Morgan fingerprint density at radius 2 is 1.80 bits per heavy atom. The molecule has 1 aliphatic carbocycles. The van der Waals surface area contributed by atoms with E-state index in [0.717, 1.165) is 65.6 Å². The number of aromatic nitrogens is 6. The van der Waals surface area contributed by atoms with Crippen LogP contribution in [0.15, 0.2) is 69.0 Å². The van der Waals surface area contributed by atoms with Gasteiger partial charge in [0.25, 0.3) is 5.56 Å². The number of aliphatic hydroxyl groups excluding tert-OH is 1. The summed E-state index contributed by atoms with van der Waals surface area (Å²) >= 11 is 0. The summed E-state index contributed by atoms with van der Waals surface area (Å²) in [5.41, 5.74) is 5.26. The van der Waals surface area contributed by atoms with Crippen LogP contribution in [0, 0.1) is 0 Å². The van der Waals surface area contributed by atoms with Crippen molar-refractivity contribution in [3.63, 3.8) is 0 Å². The molecule has 0 bridgehead atoms. The topological polar surface area (TPSA) is 141 Å². The smallest absolute Gasteiger partial charge is 1.00 e. The average molecular weight is 639 g/mol. The first kappa shape index (κ1) is 33.6. The van der Waals surface area contributed by atoms with Crippen LogP contribution in [-0.2, 0) is 17.6 Å². The molecule has 3 aromatic heterocycles. The Bertz CT molecular complexity index is 1840. The van der Waals surface area contributed by atoms with Crippen molar-refractivity contribution in [2.45, 2.75) is 83.5 Å². The van der Waals surface area contributed by atoms with Crippen LogP contribution >= 0.6 is 0 Å². The van der Waals surface area contributed by atoms with Gasteiger partial charge in [-0.3, -0.25) is 18.9 Å². The van der Waals surface area contributed by atoms with Gasteiger partial charge in [0.15, 0.2) is 5.82 Å². The van der Waals surface area contributed by atoms with Crippen molar-refractivity contribution >= 4 is 5.78 Å². The largest absolute Gasteiger partial charge is 1.00 e. The van der Waals surface area contributed by atoms with Gasteiger partial charge in [0.2, 0.25) is 5.78 Å². The molecule has 1 aliphatic rings. The molecule has 3 heterocycles. The monoisotopic (exact) mass is 638 g/mol. The Balaban J connectivity index is 0.00000240. The minimum atomic E-state index is -0.601. The van der Waals surface area contributed by atoms with Crippen molar-refractivity contribution in [3.8, 4) is 22.5 Å². The SMILES string of the molecule is CCCc1c(Cc2ccc(-c3ccccc3-c3noc(=O)[nH]3)cc2)c(=O)n(C2CCC(OCC(O)CC)CC2)c2ncnn12.[H-].[K+]. The van der Waals surface area contributed by atoms with E-state index >= 15 is 0 Å². The summed E-state index contributed by atoms with van der Waals surface area (Å²) in [5, 5.41) is 18.3. The van der Waals surface area contributed by atoms with E-state index in [1.807, 2.05) is 64.5 Å². The van der Waals surface area contributed by atoms with Gasteiger partial charge in [-0.15, -0.1) is 0 Å². The molecule has 1 fully saturated rings. The number of hydrogen-bond acceptors (Lipinski definition) is 8. The zero-order valence-corrected chi connectivity index (χ0v) is 29.2. The Kier molecular flexibility index (Phi) is 11.4. The van der Waals surface area contributed by atoms with Crippen molar-refractivity contribution in [2.24, 2.45) is 0 Å². The number of aryl methyl sites for hydroxylation is 1. The molecule has 0 radical (unpaired) electrons. The van der Waals surface area contributed by atoms with Crippen LogP contribution in [0.4, 0.5) is 0 Å². The molecule has 11 nitrogen and oxygen atoms in total. The number of hydrogen-bond donors (Lipinski definition) is 2. The molecule has 2 aromatic carbocycles. The molecule has 6 rings (SSSR count). The Morgan fingerprint density at radius 1 is 1.07 bits per heavy atom. The van der Waals surface area contributed by atoms with Gasteiger partial charge in [0, 0.05) is 23.6 Å². The predicted molar refractivity (Wildman–Crippen MR) is 167 cm³/mol. The number of nitrogens with zero attached hydrogens (tertiary/aromatic N) is 5. The van der Waals surface area contributed by atoms with E-state index in [-0.39, 0.29) is 70.5 Å². The summed E-state index contributed by atoms with van der Waals surface area (Å²) in [6, 6.07) is 15.8. The van der Waals surface area contributed by atoms with Crippen LogP contribution < -0.4 is 62.7 Å². The standard InChI is InChI=1S/C33H38N6O5.K.H/c1-3-7-29-28(18-21-10-12-22(13-11-21)26-8-5-6-9-27(26)30-36-33(42)44-37-30)31(41)38(32-34-20-35-39(29)32)23-14-16-25(17-15-23)43-19-24(40)4-2;;/h5-6,8-13,20,23-25,40H,3-4,7,14-19H2,1-2H3,(H,36,37,42);;/q;+1;-1. The fraction of sp³-hybridized carbons (Fsp3) is 0.424. The summed E-state index contributed by atoms with van der Waals surface area (Å²) in [7, 11) is 0. The van der Waals surface area contributed by atoms with Crippen molar-refractivity contribution in [1.29, 1.82) is 0 Å². The third-order valence-corrected chi connectivity index (χ3v) is 8.59. The third-order valence-electron chi connectivity index (χ3n) is 8.59. The van der Waals surface area contributed by atoms with Crippen LogP contribution in [0.25, 0.3) is 28.3 Å². The normalized spacial score (nSPS) is 17.3. The van der Waals surface area contributed by atoms with E-state index in [4.69, 9.17) is 9.26 Å². The molecule has 1 saturated carbocycles. The number of ether oxygens (including phenoxy) is 1. The van der Waals surface area contributed by atoms with E-state index in [1.165, 1.54) is 6.33 Å². The van der Waals surface area contributed by atoms with Crippen LogP contribution in [0.2, 0.25) is 0 Å². The van der Waals surface area contributed by atoms with Gasteiger partial charge in [-0.05, 0) is 55.2 Å². The van der Waals surface area contributed by atoms with E-state index in [2.05, 4.69) is 27.1 Å². The zero-order valence-electron chi connectivity index (χ0n) is 27.1. The maximum atomic E-state index is 14.3. The van der Waals surface area contributed by atoms with Crippen molar-refractivity contribution < 1.29 is 67.2 Å². The first-order valence-electron chi connectivity index (χ1n) is 15.5. The summed E-state index contributed by atoms with van der Waals surface area (Å²) in [6.45, 7) is 4.39. The van der Waals surface area contributed by atoms with Crippen LogP contribution in [-0.4, -0.2) is 53.2 Å². The number of nitrogens with one attached hydrogen (secondary N) is 1. The van der Waals surface area contributed by atoms with Gasteiger partial charge in [0.05, 0.1) is 24.5 Å². The molecule has 5 aromatic rings. The van der Waals surface area contributed by atoms with Gasteiger partial charge in [0.1, 0.15) is 6.33 Å². The number of fused-ring (bicyclic) bond motifs is 1. The molecular formula is C33H39KN6O5. The molecule has 45 heavy (non-hydrogen) atoms. The second kappa shape index (κ2) is 15.3. The second-order valence-corrected chi connectivity index (χ2v) is 11.5. The Hall–Kier alpha value is -2.71. The minimum absolute atomic E-state index is 0. The van der Waals surface area contributed by atoms with Crippen LogP contribution in [0.5, 0.6) is 0 Å². The summed E-state index contributed by atoms with van der Waals surface area (Å²) in [4.78, 5) is 33.0. The number of benzene rings is 2. The van der Waals surface area contributed by atoms with Crippen molar-refractivity contribution in [2.75, 3.05) is 6.61 Å². The number of aliphatic hydroxyl groups is 1. The Morgan fingerprint density at radius 3 is 2.47 bits per heavy atom. The van der Waals surface area contributed by atoms with Crippen molar-refractivity contribution in [1.82, 2.24) is 29.3 Å². The molecule has 0 aliphatic heterocycles. The fourth-order valence-electron chi connectivity index (χ4n) is 6.21. The van der Waals surface area contributed by atoms with E-state index in [9.17, 15) is 14.7 Å². The first-order chi connectivity index (χ1) is 21.5. The number of H-pyrrole nitrogens is 1. The van der Waals surface area contributed by atoms with Crippen molar-refractivity contribution in [3.05, 3.63) is 92.6 Å². The van der Waals surface area contributed by atoms with Gasteiger partial charge in [-0.2, -0.15) is 10.1 Å². The van der Waals surface area contributed by atoms with E-state index in [1.54, 1.807) is 0 Å². The Labute approximate surface area is 304 Å². The van der Waals surface area contributed by atoms with Gasteiger partial charge >= 0.3 is 57.1 Å². The zero-order chi connectivity index (χ0) is 30.6. The maximum absolute atomic E-state index is 14.3. The molecule has 0 saturated heterocycles. The molecular weight excluding hydrogens is 599 g/mol. The number of rotatable bonds is 11. The molecule has 1 atom stereocenters.